The third-order valence-electron chi connectivity index (χ3n) is 1.92. The van der Waals surface area contributed by atoms with Crippen LogP contribution < -0.4 is 0 Å². The molecule has 0 aromatic carbocycles. The molecule has 3 heteroatoms. The summed E-state index contributed by atoms with van der Waals surface area (Å²) in [6.45, 7) is 4.36. The van der Waals surface area contributed by atoms with E-state index in [0.717, 1.165) is 0 Å². The second-order valence-corrected chi connectivity index (χ2v) is 2.57. The first-order chi connectivity index (χ1) is 4.83. The molecule has 2 heterocycles. The highest BCUT2D eigenvalue weighted by atomic mass is 16.7. The fourth-order valence-corrected chi connectivity index (χ4v) is 1.28. The molecule has 2 fully saturated rings. The minimum Gasteiger partial charge on any atom is -0.493 e. The second-order valence-electron chi connectivity index (χ2n) is 2.57. The molecule has 2 aliphatic heterocycles. The predicted octanol–water partition coefficient (Wildman–Crippen LogP) is 0.313. The number of epoxide rings is 1. The summed E-state index contributed by atoms with van der Waals surface area (Å²) < 4.78 is 15.5. The lowest BCUT2D eigenvalue weighted by Gasteiger charge is -2.19. The Morgan fingerprint density at radius 3 is 3.10 bits per heavy atom. The number of ether oxygens (including phenoxy) is 3. The molecular weight excluding hydrogens is 132 g/mol. The first-order valence-corrected chi connectivity index (χ1v) is 3.33. The van der Waals surface area contributed by atoms with Gasteiger partial charge >= 0.3 is 0 Å². The van der Waals surface area contributed by atoms with Crippen LogP contribution in [0.2, 0.25) is 0 Å². The number of hydrogen-bond donors (Lipinski definition) is 0. The molecule has 2 aliphatic rings. The molecule has 0 amide bonds. The van der Waals surface area contributed by atoms with Gasteiger partial charge in [0.25, 0.3) is 0 Å². The van der Waals surface area contributed by atoms with Crippen LogP contribution in [0.25, 0.3) is 0 Å². The van der Waals surface area contributed by atoms with Crippen LogP contribution in [-0.4, -0.2) is 32.0 Å². The predicted molar refractivity (Wildman–Crippen MR) is 34.5 cm³/mol. The number of rotatable bonds is 1. The van der Waals surface area contributed by atoms with Crippen LogP contribution in [0.5, 0.6) is 0 Å². The van der Waals surface area contributed by atoms with Gasteiger partial charge in [0, 0.05) is 7.11 Å². The molecule has 0 saturated carbocycles. The van der Waals surface area contributed by atoms with E-state index >= 15 is 0 Å². The molecule has 0 bridgehead atoms. The molecule has 56 valence electrons. The Morgan fingerprint density at radius 2 is 2.50 bits per heavy atom. The SMILES string of the molecule is C=C1OC[C@H]2O[C@H]2[C@H]1OC. The van der Waals surface area contributed by atoms with Crippen molar-refractivity contribution in [2.24, 2.45) is 0 Å². The lowest BCUT2D eigenvalue weighted by Crippen LogP contribution is -2.29. The Kier molecular flexibility index (Phi) is 1.22. The summed E-state index contributed by atoms with van der Waals surface area (Å²) in [5, 5.41) is 0. The summed E-state index contributed by atoms with van der Waals surface area (Å²) in [5.41, 5.74) is 0. The van der Waals surface area contributed by atoms with Gasteiger partial charge in [-0.2, -0.15) is 0 Å². The fraction of sp³-hybridized carbons (Fsp3) is 0.714. The quantitative estimate of drug-likeness (QED) is 0.494. The Balaban J connectivity index is 2.06. The number of methoxy groups -OCH3 is 1. The summed E-state index contributed by atoms with van der Waals surface area (Å²) in [7, 11) is 1.64. The zero-order valence-electron chi connectivity index (χ0n) is 5.87. The van der Waals surface area contributed by atoms with E-state index in [-0.39, 0.29) is 18.3 Å². The molecule has 0 spiro atoms. The van der Waals surface area contributed by atoms with Crippen molar-refractivity contribution in [3.05, 3.63) is 12.3 Å². The van der Waals surface area contributed by atoms with Crippen molar-refractivity contribution in [3.63, 3.8) is 0 Å². The van der Waals surface area contributed by atoms with Crippen molar-refractivity contribution in [1.29, 1.82) is 0 Å². The lowest BCUT2D eigenvalue weighted by molar-refractivity contribution is 0.0398. The van der Waals surface area contributed by atoms with Gasteiger partial charge in [0.05, 0.1) is 0 Å². The van der Waals surface area contributed by atoms with Crippen molar-refractivity contribution >= 4 is 0 Å². The molecule has 0 unspecified atom stereocenters. The topological polar surface area (TPSA) is 31.0 Å². The first-order valence-electron chi connectivity index (χ1n) is 3.33. The van der Waals surface area contributed by atoms with Crippen LogP contribution in [0.15, 0.2) is 12.3 Å². The maximum atomic E-state index is 5.24. The zero-order valence-corrected chi connectivity index (χ0v) is 5.87. The Bertz CT molecular complexity index is 166. The molecule has 3 atom stereocenters. The minimum absolute atomic E-state index is 0.0428. The van der Waals surface area contributed by atoms with Crippen LogP contribution in [0, 0.1) is 0 Å². The van der Waals surface area contributed by atoms with Crippen molar-refractivity contribution in [2.75, 3.05) is 13.7 Å². The largest absolute Gasteiger partial charge is 0.493 e. The normalized spacial score (nSPS) is 44.1. The highest BCUT2D eigenvalue weighted by Crippen LogP contribution is 2.35. The molecule has 2 rings (SSSR count). The smallest absolute Gasteiger partial charge is 0.142 e. The summed E-state index contributed by atoms with van der Waals surface area (Å²) >= 11 is 0. The molecule has 0 aliphatic carbocycles. The summed E-state index contributed by atoms with van der Waals surface area (Å²) in [5.74, 6) is 0.696. The van der Waals surface area contributed by atoms with E-state index in [1.165, 1.54) is 0 Å². The maximum Gasteiger partial charge on any atom is 0.142 e. The van der Waals surface area contributed by atoms with E-state index in [2.05, 4.69) is 6.58 Å². The van der Waals surface area contributed by atoms with Crippen LogP contribution in [0.3, 0.4) is 0 Å². The minimum atomic E-state index is -0.0428. The molecular formula is C7H10O3. The van der Waals surface area contributed by atoms with Crippen molar-refractivity contribution in [1.82, 2.24) is 0 Å². The van der Waals surface area contributed by atoms with Crippen molar-refractivity contribution in [2.45, 2.75) is 18.3 Å². The molecule has 0 N–H and O–H groups in total. The first kappa shape index (κ1) is 6.19. The Morgan fingerprint density at radius 1 is 1.70 bits per heavy atom. The fourth-order valence-electron chi connectivity index (χ4n) is 1.28. The van der Waals surface area contributed by atoms with E-state index in [1.54, 1.807) is 7.11 Å². The van der Waals surface area contributed by atoms with Gasteiger partial charge in [0.1, 0.15) is 30.7 Å². The summed E-state index contributed by atoms with van der Waals surface area (Å²) in [6, 6.07) is 0. The number of hydrogen-bond acceptors (Lipinski definition) is 3. The van der Waals surface area contributed by atoms with E-state index in [9.17, 15) is 0 Å². The van der Waals surface area contributed by atoms with Gasteiger partial charge in [-0.3, -0.25) is 0 Å². The highest BCUT2D eigenvalue weighted by Gasteiger charge is 2.50. The monoisotopic (exact) mass is 142 g/mol. The summed E-state index contributed by atoms with van der Waals surface area (Å²) in [4.78, 5) is 0. The third kappa shape index (κ3) is 0.744. The van der Waals surface area contributed by atoms with Crippen molar-refractivity contribution in [3.8, 4) is 0 Å². The zero-order chi connectivity index (χ0) is 7.14. The average Bonchev–Trinajstić information content (AvgIpc) is 2.66. The van der Waals surface area contributed by atoms with Gasteiger partial charge < -0.3 is 14.2 Å². The van der Waals surface area contributed by atoms with E-state index in [4.69, 9.17) is 14.2 Å². The average molecular weight is 142 g/mol. The van der Waals surface area contributed by atoms with Crippen LogP contribution in [0.1, 0.15) is 0 Å². The third-order valence-corrected chi connectivity index (χ3v) is 1.92. The highest BCUT2D eigenvalue weighted by molar-refractivity contribution is 5.09. The van der Waals surface area contributed by atoms with Crippen LogP contribution in [-0.2, 0) is 14.2 Å². The van der Waals surface area contributed by atoms with Gasteiger partial charge in [-0.05, 0) is 0 Å². The van der Waals surface area contributed by atoms with Gasteiger partial charge in [-0.25, -0.2) is 0 Å². The maximum absolute atomic E-state index is 5.24. The van der Waals surface area contributed by atoms with E-state index in [1.807, 2.05) is 0 Å². The van der Waals surface area contributed by atoms with E-state index < -0.39 is 0 Å². The molecule has 10 heavy (non-hydrogen) atoms. The second kappa shape index (κ2) is 1.97. The molecule has 0 aromatic heterocycles. The molecule has 0 aromatic rings. The summed E-state index contributed by atoms with van der Waals surface area (Å²) in [6.07, 6.45) is 0.431. The Labute approximate surface area is 59.6 Å². The van der Waals surface area contributed by atoms with Crippen LogP contribution >= 0.6 is 0 Å². The van der Waals surface area contributed by atoms with Gasteiger partial charge in [-0.15, -0.1) is 0 Å². The van der Waals surface area contributed by atoms with Crippen molar-refractivity contribution < 1.29 is 14.2 Å². The van der Waals surface area contributed by atoms with Gasteiger partial charge in [-0.1, -0.05) is 6.58 Å². The standard InChI is InChI=1S/C7H10O3/c1-4-6(8-2)7-5(10-7)3-9-4/h5-7H,1,3H2,2H3/t5-,6+,7-/m1/s1. The molecule has 2 saturated heterocycles. The van der Waals surface area contributed by atoms with Gasteiger partial charge in [0.2, 0.25) is 0 Å². The molecule has 3 nitrogen and oxygen atoms in total. The number of fused-ring (bicyclic) bond motifs is 1. The lowest BCUT2D eigenvalue weighted by atomic mass is 10.1. The molecule has 0 radical (unpaired) electrons. The van der Waals surface area contributed by atoms with Gasteiger partial charge in [0.15, 0.2) is 0 Å². The van der Waals surface area contributed by atoms with Crippen LogP contribution in [0.4, 0.5) is 0 Å². The van der Waals surface area contributed by atoms with E-state index in [0.29, 0.717) is 12.4 Å². The Hall–Kier alpha value is -0.540.